The smallest absolute Gasteiger partial charge is 0.220 e. The Morgan fingerprint density at radius 1 is 1.14 bits per heavy atom. The second kappa shape index (κ2) is 8.29. The van der Waals surface area contributed by atoms with Crippen LogP contribution in [0.5, 0.6) is 11.5 Å². The Labute approximate surface area is 134 Å². The molecule has 0 aliphatic carbocycles. The van der Waals surface area contributed by atoms with Crippen LogP contribution in [0.2, 0.25) is 5.02 Å². The lowest BCUT2D eigenvalue weighted by molar-refractivity contribution is -0.121. The van der Waals surface area contributed by atoms with Crippen LogP contribution in [0.4, 0.5) is 0 Å². The van der Waals surface area contributed by atoms with Crippen LogP contribution < -0.4 is 10.1 Å². The van der Waals surface area contributed by atoms with Gasteiger partial charge in [-0.05, 0) is 30.2 Å². The lowest BCUT2D eigenvalue weighted by Gasteiger charge is -2.09. The predicted octanol–water partition coefficient (Wildman–Crippen LogP) is 3.17. The average Bonchev–Trinajstić information content (AvgIpc) is 2.52. The van der Waals surface area contributed by atoms with E-state index in [1.807, 2.05) is 24.3 Å². The number of phenolic OH excluding ortho intramolecular Hbond substituents is 1. The van der Waals surface area contributed by atoms with Gasteiger partial charge in [-0.3, -0.25) is 4.79 Å². The number of nitrogens with one attached hydrogen (secondary N) is 1. The third kappa shape index (κ3) is 4.97. The first-order valence-electron chi connectivity index (χ1n) is 7.07. The summed E-state index contributed by atoms with van der Waals surface area (Å²) < 4.78 is 5.48. The second-order valence-electron chi connectivity index (χ2n) is 4.76. The van der Waals surface area contributed by atoms with Gasteiger partial charge in [-0.2, -0.15) is 0 Å². The summed E-state index contributed by atoms with van der Waals surface area (Å²) >= 11 is 5.96. The SMILES string of the molecule is O=C(CCc1ccccc1O)NCCOc1ccccc1Cl. The van der Waals surface area contributed by atoms with E-state index in [0.29, 0.717) is 36.8 Å². The Hall–Kier alpha value is -2.20. The minimum atomic E-state index is -0.0778. The third-order valence-corrected chi connectivity index (χ3v) is 3.44. The normalized spacial score (nSPS) is 10.2. The highest BCUT2D eigenvalue weighted by molar-refractivity contribution is 6.32. The Kier molecular flexibility index (Phi) is 6.10. The van der Waals surface area contributed by atoms with Gasteiger partial charge in [0.2, 0.25) is 5.91 Å². The maximum Gasteiger partial charge on any atom is 0.220 e. The van der Waals surface area contributed by atoms with Crippen molar-refractivity contribution in [3.63, 3.8) is 0 Å². The van der Waals surface area contributed by atoms with Crippen LogP contribution in [0.1, 0.15) is 12.0 Å². The third-order valence-electron chi connectivity index (χ3n) is 3.13. The molecule has 0 saturated carbocycles. The monoisotopic (exact) mass is 319 g/mol. The van der Waals surface area contributed by atoms with Crippen LogP contribution in [0.25, 0.3) is 0 Å². The van der Waals surface area contributed by atoms with E-state index in [2.05, 4.69) is 5.32 Å². The molecule has 0 aromatic heterocycles. The molecule has 2 rings (SSSR count). The number of amides is 1. The van der Waals surface area contributed by atoms with Crippen molar-refractivity contribution in [2.24, 2.45) is 0 Å². The maximum atomic E-state index is 11.7. The van der Waals surface area contributed by atoms with Crippen LogP contribution in [-0.2, 0) is 11.2 Å². The van der Waals surface area contributed by atoms with Gasteiger partial charge in [0.05, 0.1) is 11.6 Å². The number of hydrogen-bond donors (Lipinski definition) is 2. The number of hydrogen-bond acceptors (Lipinski definition) is 3. The molecule has 0 fully saturated rings. The van der Waals surface area contributed by atoms with Gasteiger partial charge < -0.3 is 15.2 Å². The van der Waals surface area contributed by atoms with Gasteiger partial charge in [-0.1, -0.05) is 41.9 Å². The number of carbonyl (C=O) groups excluding carboxylic acids is 1. The molecule has 2 aromatic rings. The highest BCUT2D eigenvalue weighted by atomic mass is 35.5. The van der Waals surface area contributed by atoms with Crippen LogP contribution in [0, 0.1) is 0 Å². The first-order chi connectivity index (χ1) is 10.7. The molecule has 4 nitrogen and oxygen atoms in total. The van der Waals surface area contributed by atoms with Crippen molar-refractivity contribution in [1.82, 2.24) is 5.32 Å². The standard InChI is InChI=1S/C17H18ClNO3/c18-14-6-2-4-8-16(14)22-12-11-19-17(21)10-9-13-5-1-3-7-15(13)20/h1-8,20H,9-12H2,(H,19,21). The molecule has 2 N–H and O–H groups in total. The van der Waals surface area contributed by atoms with Crippen molar-refractivity contribution < 1.29 is 14.6 Å². The number of rotatable bonds is 7. The summed E-state index contributed by atoms with van der Waals surface area (Å²) in [6.45, 7) is 0.761. The largest absolute Gasteiger partial charge is 0.508 e. The highest BCUT2D eigenvalue weighted by Gasteiger charge is 2.05. The van der Waals surface area contributed by atoms with Crippen molar-refractivity contribution in [2.75, 3.05) is 13.2 Å². The van der Waals surface area contributed by atoms with E-state index in [0.717, 1.165) is 5.56 Å². The second-order valence-corrected chi connectivity index (χ2v) is 5.16. The number of carbonyl (C=O) groups is 1. The number of para-hydroxylation sites is 2. The summed E-state index contributed by atoms with van der Waals surface area (Å²) in [7, 11) is 0. The van der Waals surface area contributed by atoms with E-state index >= 15 is 0 Å². The Balaban J connectivity index is 1.66. The number of aromatic hydroxyl groups is 1. The maximum absolute atomic E-state index is 11.7. The number of halogens is 1. The molecule has 1 amide bonds. The van der Waals surface area contributed by atoms with E-state index < -0.39 is 0 Å². The number of phenols is 1. The zero-order valence-corrected chi connectivity index (χ0v) is 12.8. The molecule has 0 spiro atoms. The summed E-state index contributed by atoms with van der Waals surface area (Å²) in [4.78, 5) is 11.7. The summed E-state index contributed by atoms with van der Waals surface area (Å²) in [5.74, 6) is 0.746. The first kappa shape index (κ1) is 16.2. The predicted molar refractivity (Wildman–Crippen MR) is 86.4 cm³/mol. The number of benzene rings is 2. The first-order valence-corrected chi connectivity index (χ1v) is 7.45. The zero-order valence-electron chi connectivity index (χ0n) is 12.1. The van der Waals surface area contributed by atoms with E-state index in [1.165, 1.54) is 0 Å². The van der Waals surface area contributed by atoms with Gasteiger partial charge in [0.25, 0.3) is 0 Å². The molecule has 0 atom stereocenters. The molecule has 0 aliphatic heterocycles. The van der Waals surface area contributed by atoms with E-state index in [9.17, 15) is 9.90 Å². The van der Waals surface area contributed by atoms with Crippen molar-refractivity contribution in [3.8, 4) is 11.5 Å². The molecule has 116 valence electrons. The molecule has 5 heteroatoms. The summed E-state index contributed by atoms with van der Waals surface area (Å²) in [6, 6.07) is 14.2. The summed E-state index contributed by atoms with van der Waals surface area (Å²) in [5.41, 5.74) is 0.768. The minimum absolute atomic E-state index is 0.0778. The van der Waals surface area contributed by atoms with Crippen molar-refractivity contribution in [2.45, 2.75) is 12.8 Å². The zero-order chi connectivity index (χ0) is 15.8. The van der Waals surface area contributed by atoms with Crippen LogP contribution >= 0.6 is 11.6 Å². The van der Waals surface area contributed by atoms with E-state index in [-0.39, 0.29) is 11.7 Å². The molecule has 22 heavy (non-hydrogen) atoms. The number of aryl methyl sites for hydroxylation is 1. The fourth-order valence-electron chi connectivity index (χ4n) is 1.97. The van der Waals surface area contributed by atoms with Crippen LogP contribution in [0.15, 0.2) is 48.5 Å². The van der Waals surface area contributed by atoms with Crippen molar-refractivity contribution >= 4 is 17.5 Å². The molecule has 0 unspecified atom stereocenters. The molecular weight excluding hydrogens is 302 g/mol. The quantitative estimate of drug-likeness (QED) is 0.771. The molecule has 0 aliphatic rings. The lowest BCUT2D eigenvalue weighted by Crippen LogP contribution is -2.28. The van der Waals surface area contributed by atoms with Gasteiger partial charge >= 0.3 is 0 Å². The average molecular weight is 320 g/mol. The van der Waals surface area contributed by atoms with Gasteiger partial charge in [-0.25, -0.2) is 0 Å². The number of ether oxygens (including phenoxy) is 1. The highest BCUT2D eigenvalue weighted by Crippen LogP contribution is 2.22. The fourth-order valence-corrected chi connectivity index (χ4v) is 2.16. The molecule has 0 saturated heterocycles. The fraction of sp³-hybridized carbons (Fsp3) is 0.235. The molecule has 0 heterocycles. The Bertz CT molecular complexity index is 631. The van der Waals surface area contributed by atoms with Gasteiger partial charge in [0, 0.05) is 6.42 Å². The summed E-state index contributed by atoms with van der Waals surface area (Å²) in [6.07, 6.45) is 0.827. The van der Waals surface area contributed by atoms with Gasteiger partial charge in [0.1, 0.15) is 18.1 Å². The van der Waals surface area contributed by atoms with Crippen LogP contribution in [0.3, 0.4) is 0 Å². The van der Waals surface area contributed by atoms with E-state index in [4.69, 9.17) is 16.3 Å². The molecule has 2 aromatic carbocycles. The Morgan fingerprint density at radius 2 is 1.86 bits per heavy atom. The lowest BCUT2D eigenvalue weighted by atomic mass is 10.1. The topological polar surface area (TPSA) is 58.6 Å². The summed E-state index contributed by atoms with van der Waals surface area (Å²) in [5, 5.41) is 12.9. The van der Waals surface area contributed by atoms with Crippen LogP contribution in [-0.4, -0.2) is 24.2 Å². The van der Waals surface area contributed by atoms with E-state index in [1.54, 1.807) is 24.3 Å². The minimum Gasteiger partial charge on any atom is -0.508 e. The van der Waals surface area contributed by atoms with Gasteiger partial charge in [0.15, 0.2) is 0 Å². The molecular formula is C17H18ClNO3. The Morgan fingerprint density at radius 3 is 2.64 bits per heavy atom. The molecule has 0 bridgehead atoms. The molecule has 0 radical (unpaired) electrons. The van der Waals surface area contributed by atoms with Crippen molar-refractivity contribution in [1.29, 1.82) is 0 Å². The van der Waals surface area contributed by atoms with Crippen molar-refractivity contribution in [3.05, 3.63) is 59.1 Å². The van der Waals surface area contributed by atoms with Gasteiger partial charge in [-0.15, -0.1) is 0 Å².